The molecule has 5 nitrogen and oxygen atoms in total. The number of allylic oxidation sites excluding steroid dienone is 1. The van der Waals surface area contributed by atoms with Crippen LogP contribution in [0.15, 0.2) is 99.1 Å². The molecule has 0 spiro atoms. The molecule has 0 saturated heterocycles. The Bertz CT molecular complexity index is 928. The Labute approximate surface area is 165 Å². The highest BCUT2D eigenvalue weighted by atomic mass is 32.2. The second-order valence-corrected chi connectivity index (χ2v) is 7.45. The van der Waals surface area contributed by atoms with Crippen LogP contribution in [0.25, 0.3) is 0 Å². The van der Waals surface area contributed by atoms with Crippen molar-refractivity contribution in [3.63, 3.8) is 0 Å². The van der Waals surface area contributed by atoms with E-state index >= 15 is 0 Å². The summed E-state index contributed by atoms with van der Waals surface area (Å²) in [5, 5.41) is 13.8. The van der Waals surface area contributed by atoms with Crippen LogP contribution >= 0.6 is 23.5 Å². The van der Waals surface area contributed by atoms with Gasteiger partial charge in [0.05, 0.1) is 4.24 Å². The van der Waals surface area contributed by atoms with Crippen molar-refractivity contribution in [1.82, 2.24) is 15.3 Å². The first-order valence-corrected chi connectivity index (χ1v) is 9.58. The average molecular weight is 390 g/mol. The zero-order valence-corrected chi connectivity index (χ0v) is 15.7. The van der Waals surface area contributed by atoms with Gasteiger partial charge in [0.25, 0.3) is 5.91 Å². The Hall–Kier alpha value is -3.08. The third-order valence-corrected chi connectivity index (χ3v) is 5.44. The molecule has 2 heterocycles. The first-order valence-electron chi connectivity index (χ1n) is 7.95. The summed E-state index contributed by atoms with van der Waals surface area (Å²) in [6.45, 7) is 0. The molecule has 27 heavy (non-hydrogen) atoms. The zero-order valence-electron chi connectivity index (χ0n) is 14.1. The van der Waals surface area contributed by atoms with Gasteiger partial charge in [0.15, 0.2) is 0 Å². The van der Waals surface area contributed by atoms with Crippen molar-refractivity contribution < 1.29 is 4.79 Å². The van der Waals surface area contributed by atoms with Crippen LogP contribution in [-0.2, 0) is 0 Å². The number of carbonyl (C=O) groups excluding carboxylic acids is 1. The van der Waals surface area contributed by atoms with E-state index in [4.69, 9.17) is 0 Å². The van der Waals surface area contributed by atoms with Crippen LogP contribution in [0.1, 0.15) is 10.4 Å². The molecular formula is C20H14N4OS2. The number of nitriles is 1. The van der Waals surface area contributed by atoms with Gasteiger partial charge in [-0.1, -0.05) is 53.9 Å². The summed E-state index contributed by atoms with van der Waals surface area (Å²) in [4.78, 5) is 21.1. The number of hydrogen-bond donors (Lipinski definition) is 1. The quantitative estimate of drug-likeness (QED) is 0.494. The lowest BCUT2D eigenvalue weighted by atomic mass is 10.2. The van der Waals surface area contributed by atoms with Crippen LogP contribution in [0, 0.1) is 11.3 Å². The van der Waals surface area contributed by atoms with Crippen molar-refractivity contribution in [2.75, 3.05) is 0 Å². The van der Waals surface area contributed by atoms with Gasteiger partial charge in [-0.25, -0.2) is 9.97 Å². The lowest BCUT2D eigenvalue weighted by Crippen LogP contribution is -2.22. The van der Waals surface area contributed by atoms with Gasteiger partial charge in [-0.3, -0.25) is 4.79 Å². The summed E-state index contributed by atoms with van der Waals surface area (Å²) < 4.78 is 0.596. The molecule has 0 unspecified atom stereocenters. The van der Waals surface area contributed by atoms with Crippen molar-refractivity contribution in [2.45, 2.75) is 10.1 Å². The number of nitrogens with one attached hydrogen (secondary N) is 1. The summed E-state index contributed by atoms with van der Waals surface area (Å²) in [6, 6.07) is 21.9. The van der Waals surface area contributed by atoms with Gasteiger partial charge < -0.3 is 5.32 Å². The van der Waals surface area contributed by atoms with Gasteiger partial charge >= 0.3 is 0 Å². The molecule has 0 radical (unpaired) electrons. The van der Waals surface area contributed by atoms with E-state index in [2.05, 4.69) is 21.4 Å². The Kier molecular flexibility index (Phi) is 6.63. The van der Waals surface area contributed by atoms with Crippen molar-refractivity contribution in [3.8, 4) is 6.07 Å². The van der Waals surface area contributed by atoms with E-state index < -0.39 is 0 Å². The minimum absolute atomic E-state index is 0.162. The third kappa shape index (κ3) is 5.45. The minimum atomic E-state index is -0.340. The Balaban J connectivity index is 1.91. The maximum Gasteiger partial charge on any atom is 0.256 e. The van der Waals surface area contributed by atoms with Gasteiger partial charge in [0.1, 0.15) is 21.8 Å². The summed E-state index contributed by atoms with van der Waals surface area (Å²) in [7, 11) is 0. The second kappa shape index (κ2) is 9.57. The monoisotopic (exact) mass is 390 g/mol. The molecule has 1 aromatic carbocycles. The van der Waals surface area contributed by atoms with Gasteiger partial charge in [-0.05, 0) is 36.4 Å². The van der Waals surface area contributed by atoms with Gasteiger partial charge in [0.2, 0.25) is 0 Å². The standard InChI is InChI=1S/C20H14N4OS2/c21-14-16(24-19(25)15-8-2-1-3-9-15)20(26-17-10-4-6-12-22-17)27-18-11-5-7-13-23-18/h1-13H,(H,24,25). The summed E-state index contributed by atoms with van der Waals surface area (Å²) in [5.41, 5.74) is 0.644. The number of thioether (sulfide) groups is 2. The lowest BCUT2D eigenvalue weighted by Gasteiger charge is -2.10. The van der Waals surface area contributed by atoms with Gasteiger partial charge in [-0.2, -0.15) is 5.26 Å². The average Bonchev–Trinajstić information content (AvgIpc) is 2.73. The molecule has 1 amide bonds. The van der Waals surface area contributed by atoms with Crippen LogP contribution in [0.2, 0.25) is 0 Å². The SMILES string of the molecule is N#CC(NC(=O)c1ccccc1)=C(Sc1ccccn1)Sc1ccccn1. The van der Waals surface area contributed by atoms with E-state index in [-0.39, 0.29) is 11.6 Å². The molecule has 3 aromatic rings. The molecule has 7 heteroatoms. The van der Waals surface area contributed by atoms with Crippen LogP contribution in [0.4, 0.5) is 0 Å². The molecule has 3 rings (SSSR count). The largest absolute Gasteiger partial charge is 0.312 e. The van der Waals surface area contributed by atoms with Crippen LogP contribution in [-0.4, -0.2) is 15.9 Å². The van der Waals surface area contributed by atoms with Gasteiger partial charge in [0, 0.05) is 18.0 Å². The number of benzene rings is 1. The number of nitrogens with zero attached hydrogens (tertiary/aromatic N) is 3. The van der Waals surface area contributed by atoms with Crippen molar-refractivity contribution in [1.29, 1.82) is 5.26 Å². The van der Waals surface area contributed by atoms with Crippen LogP contribution in [0.3, 0.4) is 0 Å². The van der Waals surface area contributed by atoms with Crippen molar-refractivity contribution in [2.24, 2.45) is 0 Å². The first kappa shape index (κ1) is 18.7. The molecule has 132 valence electrons. The topological polar surface area (TPSA) is 78.7 Å². The number of carbonyl (C=O) groups is 1. The molecular weight excluding hydrogens is 376 g/mol. The third-order valence-electron chi connectivity index (χ3n) is 3.26. The van der Waals surface area contributed by atoms with E-state index in [0.29, 0.717) is 9.80 Å². The van der Waals surface area contributed by atoms with Gasteiger partial charge in [-0.15, -0.1) is 0 Å². The molecule has 1 N–H and O–H groups in total. The summed E-state index contributed by atoms with van der Waals surface area (Å²) in [5.74, 6) is -0.340. The van der Waals surface area contributed by atoms with Crippen molar-refractivity contribution >= 4 is 29.4 Å². The zero-order chi connectivity index (χ0) is 18.9. The second-order valence-electron chi connectivity index (χ2n) is 5.13. The molecule has 0 atom stereocenters. The number of rotatable bonds is 6. The number of pyridine rings is 2. The Morgan fingerprint density at radius 2 is 1.41 bits per heavy atom. The lowest BCUT2D eigenvalue weighted by molar-refractivity contribution is 0.0967. The fraction of sp³-hybridized carbons (Fsp3) is 0. The Morgan fingerprint density at radius 3 is 1.89 bits per heavy atom. The normalized spacial score (nSPS) is 9.89. The van der Waals surface area contributed by atoms with E-state index in [1.54, 1.807) is 36.7 Å². The highest BCUT2D eigenvalue weighted by Crippen LogP contribution is 2.39. The maximum atomic E-state index is 12.5. The number of amides is 1. The molecule has 0 fully saturated rings. The fourth-order valence-corrected chi connectivity index (χ4v) is 4.00. The highest BCUT2D eigenvalue weighted by molar-refractivity contribution is 8.22. The molecule has 0 aliphatic heterocycles. The molecule has 0 saturated carbocycles. The van der Waals surface area contributed by atoms with Crippen molar-refractivity contribution in [3.05, 3.63) is 94.6 Å². The van der Waals surface area contributed by atoms with E-state index in [0.717, 1.165) is 10.1 Å². The van der Waals surface area contributed by atoms with E-state index in [1.165, 1.54) is 23.5 Å². The summed E-state index contributed by atoms with van der Waals surface area (Å²) in [6.07, 6.45) is 3.36. The molecule has 2 aromatic heterocycles. The number of aromatic nitrogens is 2. The first-order chi connectivity index (χ1) is 13.3. The van der Waals surface area contributed by atoms with E-state index in [1.807, 2.05) is 42.5 Å². The fourth-order valence-electron chi connectivity index (χ4n) is 2.03. The van der Waals surface area contributed by atoms with Crippen LogP contribution < -0.4 is 5.32 Å². The smallest absolute Gasteiger partial charge is 0.256 e. The molecule has 0 aliphatic carbocycles. The van der Waals surface area contributed by atoms with Crippen LogP contribution in [0.5, 0.6) is 0 Å². The Morgan fingerprint density at radius 1 is 0.852 bits per heavy atom. The summed E-state index contributed by atoms with van der Waals surface area (Å²) >= 11 is 2.62. The predicted octanol–water partition coefficient (Wildman–Crippen LogP) is 4.48. The predicted molar refractivity (Wildman–Crippen MR) is 107 cm³/mol. The number of hydrogen-bond acceptors (Lipinski definition) is 6. The highest BCUT2D eigenvalue weighted by Gasteiger charge is 2.16. The minimum Gasteiger partial charge on any atom is -0.312 e. The maximum absolute atomic E-state index is 12.5. The molecule has 0 bridgehead atoms. The van der Waals surface area contributed by atoms with E-state index in [9.17, 15) is 10.1 Å². The molecule has 0 aliphatic rings.